The number of ether oxygens (including phenoxy) is 1. The van der Waals surface area contributed by atoms with Crippen LogP contribution in [-0.2, 0) is 9.53 Å². The number of nitrogens with one attached hydrogen (secondary N) is 1. The van der Waals surface area contributed by atoms with Crippen LogP contribution in [0, 0.1) is 0 Å². The summed E-state index contributed by atoms with van der Waals surface area (Å²) in [6, 6.07) is 0.707. The van der Waals surface area contributed by atoms with Gasteiger partial charge in [-0.2, -0.15) is 0 Å². The second-order valence-corrected chi connectivity index (χ2v) is 6.73. The predicted octanol–water partition coefficient (Wildman–Crippen LogP) is 0.840. The molecule has 0 aromatic rings. The van der Waals surface area contributed by atoms with Gasteiger partial charge >= 0.3 is 0 Å². The van der Waals surface area contributed by atoms with E-state index in [1.54, 1.807) is 0 Å². The second-order valence-electron chi connectivity index (χ2n) is 6.73. The van der Waals surface area contributed by atoms with Gasteiger partial charge in [0.25, 0.3) is 0 Å². The van der Waals surface area contributed by atoms with Crippen LogP contribution in [0.3, 0.4) is 0 Å². The lowest BCUT2D eigenvalue weighted by Crippen LogP contribution is -2.51. The summed E-state index contributed by atoms with van der Waals surface area (Å²) >= 11 is 0. The second kappa shape index (κ2) is 7.07. The van der Waals surface area contributed by atoms with Gasteiger partial charge < -0.3 is 15.0 Å². The summed E-state index contributed by atoms with van der Waals surface area (Å²) in [6.45, 7) is 4.89. The van der Waals surface area contributed by atoms with Gasteiger partial charge in [-0.25, -0.2) is 0 Å². The Morgan fingerprint density at radius 3 is 2.76 bits per heavy atom. The van der Waals surface area contributed by atoms with Crippen molar-refractivity contribution in [2.24, 2.45) is 0 Å². The first-order valence-corrected chi connectivity index (χ1v) is 8.59. The van der Waals surface area contributed by atoms with E-state index in [0.29, 0.717) is 11.9 Å². The molecule has 3 rings (SSSR count). The van der Waals surface area contributed by atoms with Crippen molar-refractivity contribution < 1.29 is 9.53 Å². The van der Waals surface area contributed by atoms with Crippen LogP contribution in [0.4, 0.5) is 0 Å². The Morgan fingerprint density at radius 1 is 1.24 bits per heavy atom. The SMILES string of the molecule is CN(CC1CCCO1)C(=O)C1CCCN1C1CCNCC1. The summed E-state index contributed by atoms with van der Waals surface area (Å²) in [7, 11) is 1.95. The fourth-order valence-corrected chi connectivity index (χ4v) is 4.07. The molecule has 3 aliphatic heterocycles. The molecule has 0 aromatic heterocycles. The summed E-state index contributed by atoms with van der Waals surface area (Å²) in [5, 5.41) is 3.41. The van der Waals surface area contributed by atoms with Crippen molar-refractivity contribution in [1.29, 1.82) is 0 Å². The summed E-state index contributed by atoms with van der Waals surface area (Å²) in [6.07, 6.45) is 7.04. The summed E-state index contributed by atoms with van der Waals surface area (Å²) in [5.41, 5.74) is 0. The van der Waals surface area contributed by atoms with Crippen LogP contribution in [0.2, 0.25) is 0 Å². The highest BCUT2D eigenvalue weighted by Crippen LogP contribution is 2.26. The Morgan fingerprint density at radius 2 is 2.05 bits per heavy atom. The smallest absolute Gasteiger partial charge is 0.239 e. The molecule has 120 valence electrons. The molecule has 2 atom stereocenters. The van der Waals surface area contributed by atoms with Crippen LogP contribution in [0.15, 0.2) is 0 Å². The van der Waals surface area contributed by atoms with Crippen molar-refractivity contribution in [2.45, 2.75) is 56.7 Å². The quantitative estimate of drug-likeness (QED) is 0.835. The number of likely N-dealkylation sites (tertiary alicyclic amines) is 1. The number of hydrogen-bond acceptors (Lipinski definition) is 4. The van der Waals surface area contributed by atoms with Crippen molar-refractivity contribution in [3.05, 3.63) is 0 Å². The average Bonchev–Trinajstić information content (AvgIpc) is 3.18. The van der Waals surface area contributed by atoms with E-state index >= 15 is 0 Å². The monoisotopic (exact) mass is 295 g/mol. The van der Waals surface area contributed by atoms with E-state index in [9.17, 15) is 4.79 Å². The summed E-state index contributed by atoms with van der Waals surface area (Å²) < 4.78 is 5.66. The number of carbonyl (C=O) groups excluding carboxylic acids is 1. The van der Waals surface area contributed by atoms with Gasteiger partial charge in [-0.15, -0.1) is 0 Å². The largest absolute Gasteiger partial charge is 0.376 e. The molecule has 21 heavy (non-hydrogen) atoms. The van der Waals surface area contributed by atoms with Gasteiger partial charge in [0.2, 0.25) is 5.91 Å². The molecule has 5 nitrogen and oxygen atoms in total. The minimum Gasteiger partial charge on any atom is -0.376 e. The van der Waals surface area contributed by atoms with Crippen molar-refractivity contribution in [3.63, 3.8) is 0 Å². The maximum absolute atomic E-state index is 12.8. The minimum absolute atomic E-state index is 0.111. The van der Waals surface area contributed by atoms with Crippen molar-refractivity contribution in [3.8, 4) is 0 Å². The predicted molar refractivity (Wildman–Crippen MR) is 82.2 cm³/mol. The highest BCUT2D eigenvalue weighted by Gasteiger charge is 2.37. The lowest BCUT2D eigenvalue weighted by atomic mass is 10.0. The Bertz CT molecular complexity index is 351. The van der Waals surface area contributed by atoms with Gasteiger partial charge in [-0.1, -0.05) is 0 Å². The molecular formula is C16H29N3O2. The zero-order valence-corrected chi connectivity index (χ0v) is 13.2. The molecular weight excluding hydrogens is 266 g/mol. The van der Waals surface area contributed by atoms with E-state index in [1.807, 2.05) is 11.9 Å². The molecule has 1 N–H and O–H groups in total. The van der Waals surface area contributed by atoms with Crippen LogP contribution in [-0.4, -0.2) is 73.7 Å². The molecule has 1 amide bonds. The highest BCUT2D eigenvalue weighted by atomic mass is 16.5. The topological polar surface area (TPSA) is 44.8 Å². The fourth-order valence-electron chi connectivity index (χ4n) is 4.07. The first-order valence-electron chi connectivity index (χ1n) is 8.59. The van der Waals surface area contributed by atoms with Gasteiger partial charge in [-0.3, -0.25) is 9.69 Å². The van der Waals surface area contributed by atoms with Gasteiger partial charge in [-0.05, 0) is 58.2 Å². The lowest BCUT2D eigenvalue weighted by molar-refractivity contribution is -0.137. The van der Waals surface area contributed by atoms with Crippen molar-refractivity contribution in [2.75, 3.05) is 39.8 Å². The number of piperidine rings is 1. The van der Waals surface area contributed by atoms with Crippen molar-refractivity contribution >= 4 is 5.91 Å². The van der Waals surface area contributed by atoms with E-state index in [4.69, 9.17) is 4.74 Å². The highest BCUT2D eigenvalue weighted by molar-refractivity contribution is 5.82. The molecule has 3 saturated heterocycles. The number of hydrogen-bond donors (Lipinski definition) is 1. The average molecular weight is 295 g/mol. The molecule has 2 unspecified atom stereocenters. The van der Waals surface area contributed by atoms with E-state index in [2.05, 4.69) is 10.2 Å². The van der Waals surface area contributed by atoms with Gasteiger partial charge in [0.15, 0.2) is 0 Å². The van der Waals surface area contributed by atoms with Crippen LogP contribution in [0.5, 0.6) is 0 Å². The van der Waals surface area contributed by atoms with E-state index in [-0.39, 0.29) is 12.1 Å². The van der Waals surface area contributed by atoms with Crippen LogP contribution >= 0.6 is 0 Å². The molecule has 0 aromatic carbocycles. The Labute approximate surface area is 128 Å². The van der Waals surface area contributed by atoms with E-state index < -0.39 is 0 Å². The van der Waals surface area contributed by atoms with Gasteiger partial charge in [0.1, 0.15) is 0 Å². The molecule has 3 heterocycles. The maximum atomic E-state index is 12.8. The van der Waals surface area contributed by atoms with Gasteiger partial charge in [0, 0.05) is 26.2 Å². The van der Waals surface area contributed by atoms with Crippen molar-refractivity contribution in [1.82, 2.24) is 15.1 Å². The number of amides is 1. The minimum atomic E-state index is 0.111. The Kier molecular flexibility index (Phi) is 5.14. The molecule has 0 saturated carbocycles. The zero-order chi connectivity index (χ0) is 14.7. The van der Waals surface area contributed by atoms with Crippen LogP contribution < -0.4 is 5.32 Å². The third kappa shape index (κ3) is 3.58. The molecule has 3 fully saturated rings. The first kappa shape index (κ1) is 15.3. The number of likely N-dealkylation sites (N-methyl/N-ethyl adjacent to an activating group) is 1. The Hall–Kier alpha value is -0.650. The molecule has 0 bridgehead atoms. The molecule has 0 spiro atoms. The number of carbonyl (C=O) groups is 1. The molecule has 3 aliphatic rings. The van der Waals surface area contributed by atoms with Crippen LogP contribution in [0.1, 0.15) is 38.5 Å². The van der Waals surface area contributed by atoms with E-state index in [0.717, 1.165) is 58.5 Å². The van der Waals surface area contributed by atoms with E-state index in [1.165, 1.54) is 12.8 Å². The lowest BCUT2D eigenvalue weighted by Gasteiger charge is -2.36. The standard InChI is InChI=1S/C16H29N3O2/c1-18(12-14-4-3-11-21-14)16(20)15-5-2-10-19(15)13-6-8-17-9-7-13/h13-15,17H,2-12H2,1H3. The summed E-state index contributed by atoms with van der Waals surface area (Å²) in [4.78, 5) is 17.2. The Balaban J connectivity index is 1.56. The fraction of sp³-hybridized carbons (Fsp3) is 0.938. The molecule has 0 radical (unpaired) electrons. The third-order valence-electron chi connectivity index (χ3n) is 5.23. The number of nitrogens with zero attached hydrogens (tertiary/aromatic N) is 2. The normalized spacial score (nSPS) is 31.7. The molecule has 0 aliphatic carbocycles. The summed E-state index contributed by atoms with van der Waals surface area (Å²) in [5.74, 6) is 0.307. The first-order chi connectivity index (χ1) is 10.3. The zero-order valence-electron chi connectivity index (χ0n) is 13.2. The van der Waals surface area contributed by atoms with Gasteiger partial charge in [0.05, 0.1) is 12.1 Å². The number of rotatable bonds is 4. The molecule has 5 heteroatoms. The van der Waals surface area contributed by atoms with Crippen LogP contribution in [0.25, 0.3) is 0 Å². The maximum Gasteiger partial charge on any atom is 0.239 e. The third-order valence-corrected chi connectivity index (χ3v) is 5.23.